The van der Waals surface area contributed by atoms with Gasteiger partial charge in [0.15, 0.2) is 0 Å². The van der Waals surface area contributed by atoms with Crippen molar-refractivity contribution in [3.05, 3.63) is 120 Å². The number of carbonyl (C=O) groups is 2. The number of nitrogens with one attached hydrogen (secondary N) is 2. The molecule has 0 radical (unpaired) electrons. The Kier molecular flexibility index (Phi) is 9.41. The fraction of sp³-hybridized carbons (Fsp3) is 0.188. The quantitative estimate of drug-likeness (QED) is 0.240. The molecule has 2 N–H and O–H groups in total. The van der Waals surface area contributed by atoms with E-state index >= 15 is 0 Å². The number of aryl methyl sites for hydroxylation is 1. The first-order chi connectivity index (χ1) is 19.7. The molecule has 0 aliphatic heterocycles. The van der Waals surface area contributed by atoms with Gasteiger partial charge in [-0.05, 0) is 74.9 Å². The molecule has 0 aliphatic carbocycles. The van der Waals surface area contributed by atoms with E-state index in [0.29, 0.717) is 18.0 Å². The van der Waals surface area contributed by atoms with Gasteiger partial charge in [-0.25, -0.2) is 8.42 Å². The summed E-state index contributed by atoms with van der Waals surface area (Å²) in [5.41, 5.74) is 2.68. The Hall–Kier alpha value is -4.63. The molecular formula is C32H33N3O5S. The first-order valence-corrected chi connectivity index (χ1v) is 14.7. The summed E-state index contributed by atoms with van der Waals surface area (Å²) in [6, 6.07) is 28.8. The van der Waals surface area contributed by atoms with Crippen molar-refractivity contribution in [1.29, 1.82) is 0 Å². The number of nitrogens with zero attached hydrogens (tertiary/aromatic N) is 1. The molecule has 0 bridgehead atoms. The van der Waals surface area contributed by atoms with Gasteiger partial charge in [0.05, 0.1) is 34.5 Å². The van der Waals surface area contributed by atoms with Crippen LogP contribution in [0.5, 0.6) is 5.75 Å². The summed E-state index contributed by atoms with van der Waals surface area (Å²) < 4.78 is 34.0. The lowest BCUT2D eigenvalue weighted by Gasteiger charge is -2.24. The highest BCUT2D eigenvalue weighted by Crippen LogP contribution is 2.27. The van der Waals surface area contributed by atoms with Crippen molar-refractivity contribution in [2.75, 3.05) is 22.8 Å². The molecule has 0 saturated carbocycles. The highest BCUT2D eigenvalue weighted by molar-refractivity contribution is 7.92. The number of anilines is 2. The Bertz CT molecular complexity index is 1590. The number of benzene rings is 4. The van der Waals surface area contributed by atoms with Crippen LogP contribution in [0.2, 0.25) is 0 Å². The topological polar surface area (TPSA) is 105 Å². The Labute approximate surface area is 241 Å². The Morgan fingerprint density at radius 1 is 0.854 bits per heavy atom. The van der Waals surface area contributed by atoms with E-state index in [0.717, 1.165) is 15.4 Å². The van der Waals surface area contributed by atoms with Gasteiger partial charge < -0.3 is 15.4 Å². The van der Waals surface area contributed by atoms with E-state index < -0.39 is 22.5 Å². The maximum Gasteiger partial charge on any atom is 0.264 e. The third-order valence-electron chi connectivity index (χ3n) is 6.42. The van der Waals surface area contributed by atoms with Crippen molar-refractivity contribution in [3.63, 3.8) is 0 Å². The average Bonchev–Trinajstić information content (AvgIpc) is 2.97. The predicted octanol–water partition coefficient (Wildman–Crippen LogP) is 5.72. The molecule has 212 valence electrons. The number of carbonyl (C=O) groups excluding carboxylic acids is 2. The molecule has 9 heteroatoms. The molecular weight excluding hydrogens is 538 g/mol. The molecule has 0 heterocycles. The number of amides is 2. The van der Waals surface area contributed by atoms with Crippen LogP contribution >= 0.6 is 0 Å². The molecule has 0 spiro atoms. The van der Waals surface area contributed by atoms with E-state index in [1.165, 1.54) is 12.1 Å². The Morgan fingerprint density at radius 3 is 2.15 bits per heavy atom. The summed E-state index contributed by atoms with van der Waals surface area (Å²) in [4.78, 5) is 26.5. The van der Waals surface area contributed by atoms with Crippen LogP contribution in [0.15, 0.2) is 108 Å². The lowest BCUT2D eigenvalue weighted by atomic mass is 10.1. The van der Waals surface area contributed by atoms with Gasteiger partial charge >= 0.3 is 0 Å². The molecule has 0 saturated heterocycles. The molecule has 0 fully saturated rings. The zero-order chi connectivity index (χ0) is 29.4. The van der Waals surface area contributed by atoms with Crippen molar-refractivity contribution in [1.82, 2.24) is 5.32 Å². The monoisotopic (exact) mass is 571 g/mol. The van der Waals surface area contributed by atoms with Crippen LogP contribution in [0.3, 0.4) is 0 Å². The van der Waals surface area contributed by atoms with E-state index in [2.05, 4.69) is 10.6 Å². The van der Waals surface area contributed by atoms with E-state index in [9.17, 15) is 18.0 Å². The van der Waals surface area contributed by atoms with Crippen LogP contribution in [-0.2, 0) is 14.8 Å². The van der Waals surface area contributed by atoms with Crippen LogP contribution in [0.1, 0.15) is 41.4 Å². The van der Waals surface area contributed by atoms with Crippen molar-refractivity contribution >= 4 is 33.2 Å². The normalized spacial score (nSPS) is 11.8. The van der Waals surface area contributed by atoms with Crippen LogP contribution in [0.4, 0.5) is 11.4 Å². The minimum Gasteiger partial charge on any atom is -0.494 e. The second-order valence-electron chi connectivity index (χ2n) is 9.45. The van der Waals surface area contributed by atoms with Crippen molar-refractivity contribution in [3.8, 4) is 5.75 Å². The molecule has 0 aliphatic rings. The zero-order valence-electron chi connectivity index (χ0n) is 23.2. The second-order valence-corrected chi connectivity index (χ2v) is 11.3. The largest absolute Gasteiger partial charge is 0.494 e. The van der Waals surface area contributed by atoms with Gasteiger partial charge in [-0.2, -0.15) is 0 Å². The number of para-hydroxylation sites is 1. The summed E-state index contributed by atoms with van der Waals surface area (Å²) in [6.45, 7) is 5.54. The molecule has 41 heavy (non-hydrogen) atoms. The third kappa shape index (κ3) is 7.32. The SMILES string of the molecule is CCOc1ccc(N(CC(=O)Nc2ccccc2C(=O)N[C@H](C)c2ccccc2)S(=O)(=O)c2ccc(C)cc2)cc1. The lowest BCUT2D eigenvalue weighted by molar-refractivity contribution is -0.114. The van der Waals surface area contributed by atoms with Crippen LogP contribution < -0.4 is 19.7 Å². The molecule has 2 amide bonds. The number of hydrogen-bond acceptors (Lipinski definition) is 5. The lowest BCUT2D eigenvalue weighted by Crippen LogP contribution is -2.38. The highest BCUT2D eigenvalue weighted by Gasteiger charge is 2.28. The van der Waals surface area contributed by atoms with Gasteiger partial charge in [0.1, 0.15) is 12.3 Å². The molecule has 4 aromatic rings. The molecule has 4 rings (SSSR count). The maximum absolute atomic E-state index is 13.7. The second kappa shape index (κ2) is 13.1. The van der Waals surface area contributed by atoms with Gasteiger partial charge in [0.2, 0.25) is 5.91 Å². The predicted molar refractivity (Wildman–Crippen MR) is 161 cm³/mol. The van der Waals surface area contributed by atoms with Crippen molar-refractivity contribution in [2.45, 2.75) is 31.7 Å². The molecule has 0 aromatic heterocycles. The molecule has 4 aromatic carbocycles. The van der Waals surface area contributed by atoms with E-state index in [1.54, 1.807) is 60.7 Å². The molecule has 0 unspecified atom stereocenters. The number of rotatable bonds is 11. The zero-order valence-corrected chi connectivity index (χ0v) is 24.0. The van der Waals surface area contributed by atoms with Crippen molar-refractivity contribution in [2.24, 2.45) is 0 Å². The van der Waals surface area contributed by atoms with Gasteiger partial charge in [-0.3, -0.25) is 13.9 Å². The van der Waals surface area contributed by atoms with E-state index in [-0.39, 0.29) is 28.1 Å². The van der Waals surface area contributed by atoms with Crippen molar-refractivity contribution < 1.29 is 22.7 Å². The number of sulfonamides is 1. The summed E-state index contributed by atoms with van der Waals surface area (Å²) in [6.07, 6.45) is 0. The summed E-state index contributed by atoms with van der Waals surface area (Å²) >= 11 is 0. The van der Waals surface area contributed by atoms with E-state index in [4.69, 9.17) is 4.74 Å². The van der Waals surface area contributed by atoms with Crippen LogP contribution in [0.25, 0.3) is 0 Å². The third-order valence-corrected chi connectivity index (χ3v) is 8.21. The fourth-order valence-electron chi connectivity index (χ4n) is 4.24. The Morgan fingerprint density at radius 2 is 1.49 bits per heavy atom. The van der Waals surface area contributed by atoms with Gasteiger partial charge in [0.25, 0.3) is 15.9 Å². The van der Waals surface area contributed by atoms with E-state index in [1.807, 2.05) is 51.1 Å². The first-order valence-electron chi connectivity index (χ1n) is 13.3. The summed E-state index contributed by atoms with van der Waals surface area (Å²) in [5.74, 6) is -0.392. The first kappa shape index (κ1) is 29.4. The standard InChI is InChI=1S/C32H33N3O5S/c1-4-40-27-18-16-26(17-19-27)35(41(38,39)28-20-14-23(2)15-21-28)22-31(36)34-30-13-9-8-12-29(30)32(37)33-24(3)25-10-6-5-7-11-25/h5-21,24H,4,22H2,1-3H3,(H,33,37)(H,34,36)/t24-/m1/s1. The smallest absolute Gasteiger partial charge is 0.264 e. The number of ether oxygens (including phenoxy) is 1. The van der Waals surface area contributed by atoms with Gasteiger partial charge in [-0.15, -0.1) is 0 Å². The molecule has 1 atom stereocenters. The van der Waals surface area contributed by atoms with Gasteiger partial charge in [0, 0.05) is 0 Å². The minimum absolute atomic E-state index is 0.0551. The summed E-state index contributed by atoms with van der Waals surface area (Å²) in [5, 5.41) is 5.69. The van der Waals surface area contributed by atoms with Crippen LogP contribution in [-0.4, -0.2) is 33.4 Å². The van der Waals surface area contributed by atoms with Crippen LogP contribution in [0, 0.1) is 6.92 Å². The minimum atomic E-state index is -4.10. The highest BCUT2D eigenvalue weighted by atomic mass is 32.2. The summed E-state index contributed by atoms with van der Waals surface area (Å²) in [7, 11) is -4.10. The fourth-order valence-corrected chi connectivity index (χ4v) is 5.66. The van der Waals surface area contributed by atoms with Gasteiger partial charge in [-0.1, -0.05) is 60.2 Å². The Balaban J connectivity index is 1.58. The maximum atomic E-state index is 13.7. The molecule has 8 nitrogen and oxygen atoms in total. The number of hydrogen-bond donors (Lipinski definition) is 2. The average molecular weight is 572 g/mol.